The van der Waals surface area contributed by atoms with Crippen LogP contribution in [-0.2, 0) is 0 Å². The lowest BCUT2D eigenvalue weighted by Crippen LogP contribution is -2.38. The third-order valence-electron chi connectivity index (χ3n) is 2.22. The quantitative estimate of drug-likeness (QED) is 0.925. The molecule has 0 aliphatic rings. The summed E-state index contributed by atoms with van der Waals surface area (Å²) in [5.74, 6) is -1.10. The van der Waals surface area contributed by atoms with Crippen LogP contribution in [0, 0.1) is 0 Å². The zero-order valence-corrected chi connectivity index (χ0v) is 10.2. The third-order valence-corrected chi connectivity index (χ3v) is 2.55. The molecule has 1 N–H and O–H groups in total. The molecule has 1 rings (SSSR count). The Hall–Kier alpha value is -1.43. The molecule has 0 radical (unpaired) electrons. The lowest BCUT2D eigenvalue weighted by atomic mass is 10.2. The van der Waals surface area contributed by atoms with E-state index in [4.69, 9.17) is 11.6 Å². The molecule has 0 fully saturated rings. The summed E-state index contributed by atoms with van der Waals surface area (Å²) in [6, 6.07) is 3.55. The van der Waals surface area contributed by atoms with Crippen molar-refractivity contribution in [2.45, 2.75) is 13.1 Å². The molecule has 1 amide bonds. The van der Waals surface area contributed by atoms with E-state index < -0.39 is 18.6 Å². The smallest absolute Gasteiger partial charge is 0.406 e. The van der Waals surface area contributed by atoms with Gasteiger partial charge in [-0.2, -0.15) is 13.2 Å². The highest BCUT2D eigenvalue weighted by Gasteiger charge is 2.33. The van der Waals surface area contributed by atoms with E-state index in [-0.39, 0.29) is 22.9 Å². The van der Waals surface area contributed by atoms with Crippen LogP contribution in [-0.4, -0.2) is 35.2 Å². The molecule has 0 spiro atoms. The number of phenols is 1. The molecular weight excluding hydrogens is 271 g/mol. The van der Waals surface area contributed by atoms with E-state index in [9.17, 15) is 23.1 Å². The minimum absolute atomic E-state index is 0.00146. The van der Waals surface area contributed by atoms with E-state index >= 15 is 0 Å². The Bertz CT molecular complexity index is 448. The van der Waals surface area contributed by atoms with Crippen LogP contribution in [0.3, 0.4) is 0 Å². The van der Waals surface area contributed by atoms with Gasteiger partial charge in [0.1, 0.15) is 12.3 Å². The van der Waals surface area contributed by atoms with Gasteiger partial charge >= 0.3 is 6.18 Å². The van der Waals surface area contributed by atoms with Gasteiger partial charge in [-0.3, -0.25) is 4.79 Å². The predicted molar refractivity (Wildman–Crippen MR) is 60.7 cm³/mol. The van der Waals surface area contributed by atoms with Crippen LogP contribution in [0.4, 0.5) is 13.2 Å². The number of alkyl halides is 3. The molecule has 0 unspecified atom stereocenters. The van der Waals surface area contributed by atoms with Gasteiger partial charge in [-0.05, 0) is 25.1 Å². The van der Waals surface area contributed by atoms with Crippen LogP contribution in [0.2, 0.25) is 5.02 Å². The van der Waals surface area contributed by atoms with Crippen molar-refractivity contribution in [2.75, 3.05) is 13.1 Å². The lowest BCUT2D eigenvalue weighted by Gasteiger charge is -2.22. The highest BCUT2D eigenvalue weighted by atomic mass is 35.5. The van der Waals surface area contributed by atoms with Gasteiger partial charge in [-0.1, -0.05) is 11.6 Å². The number of hydrogen-bond donors (Lipinski definition) is 1. The molecule has 0 saturated heterocycles. The van der Waals surface area contributed by atoms with E-state index in [1.54, 1.807) is 0 Å². The predicted octanol–water partition coefficient (Wildman–Crippen LogP) is 3.07. The summed E-state index contributed by atoms with van der Waals surface area (Å²) in [5.41, 5.74) is -0.150. The van der Waals surface area contributed by atoms with Gasteiger partial charge in [0.05, 0.1) is 10.6 Å². The Balaban J connectivity index is 3.00. The van der Waals surface area contributed by atoms with Crippen molar-refractivity contribution in [1.29, 1.82) is 0 Å². The van der Waals surface area contributed by atoms with E-state index in [1.807, 2.05) is 0 Å². The first-order valence-electron chi connectivity index (χ1n) is 5.09. The van der Waals surface area contributed by atoms with Gasteiger partial charge in [0, 0.05) is 6.54 Å². The summed E-state index contributed by atoms with van der Waals surface area (Å²) < 4.78 is 36.8. The van der Waals surface area contributed by atoms with E-state index in [0.717, 1.165) is 6.07 Å². The number of amides is 1. The standard InChI is InChI=1S/C11H11ClF3NO2/c1-2-16(6-11(13,14)15)10(18)8-5-7(17)3-4-9(8)12/h3-5,17H,2,6H2,1H3. The van der Waals surface area contributed by atoms with Crippen molar-refractivity contribution in [1.82, 2.24) is 4.90 Å². The number of aromatic hydroxyl groups is 1. The zero-order chi connectivity index (χ0) is 13.9. The number of carbonyl (C=O) groups is 1. The molecule has 3 nitrogen and oxygen atoms in total. The van der Waals surface area contributed by atoms with Gasteiger partial charge in [0.15, 0.2) is 0 Å². The average Bonchev–Trinajstić information content (AvgIpc) is 2.27. The van der Waals surface area contributed by atoms with Crippen molar-refractivity contribution < 1.29 is 23.1 Å². The van der Waals surface area contributed by atoms with Crippen molar-refractivity contribution >= 4 is 17.5 Å². The highest BCUT2D eigenvalue weighted by molar-refractivity contribution is 6.33. The molecule has 0 bridgehead atoms. The minimum Gasteiger partial charge on any atom is -0.508 e. The zero-order valence-electron chi connectivity index (χ0n) is 9.46. The van der Waals surface area contributed by atoms with Crippen LogP contribution in [0.1, 0.15) is 17.3 Å². The summed E-state index contributed by atoms with van der Waals surface area (Å²) in [6.07, 6.45) is -4.48. The normalized spacial score (nSPS) is 11.4. The lowest BCUT2D eigenvalue weighted by molar-refractivity contribution is -0.140. The first-order chi connectivity index (χ1) is 8.24. The van der Waals surface area contributed by atoms with Gasteiger partial charge in [-0.25, -0.2) is 0 Å². The number of hydrogen-bond acceptors (Lipinski definition) is 2. The number of halogens is 4. The molecule has 0 heterocycles. The number of phenolic OH excluding ortho intramolecular Hbond substituents is 1. The fourth-order valence-corrected chi connectivity index (χ4v) is 1.59. The van der Waals surface area contributed by atoms with Crippen LogP contribution in [0.25, 0.3) is 0 Å². The Labute approximate surface area is 107 Å². The van der Waals surface area contributed by atoms with E-state index in [0.29, 0.717) is 4.90 Å². The first-order valence-corrected chi connectivity index (χ1v) is 5.47. The number of benzene rings is 1. The van der Waals surface area contributed by atoms with Crippen molar-refractivity contribution in [3.8, 4) is 5.75 Å². The molecule has 0 aromatic heterocycles. The summed E-state index contributed by atoms with van der Waals surface area (Å²) in [5, 5.41) is 9.22. The van der Waals surface area contributed by atoms with Crippen molar-refractivity contribution in [2.24, 2.45) is 0 Å². The maximum atomic E-state index is 12.3. The molecule has 0 atom stereocenters. The molecule has 7 heteroatoms. The minimum atomic E-state index is -4.48. The Morgan fingerprint density at radius 2 is 2.06 bits per heavy atom. The third kappa shape index (κ3) is 3.80. The SMILES string of the molecule is CCN(CC(F)(F)F)C(=O)c1cc(O)ccc1Cl. The Morgan fingerprint density at radius 1 is 1.44 bits per heavy atom. The number of rotatable bonds is 3. The van der Waals surface area contributed by atoms with E-state index in [2.05, 4.69) is 0 Å². The van der Waals surface area contributed by atoms with Crippen LogP contribution in [0.15, 0.2) is 18.2 Å². The second-order valence-electron chi connectivity index (χ2n) is 3.60. The molecule has 1 aromatic carbocycles. The van der Waals surface area contributed by atoms with Crippen molar-refractivity contribution in [3.05, 3.63) is 28.8 Å². The molecule has 0 aliphatic heterocycles. The monoisotopic (exact) mass is 281 g/mol. The van der Waals surface area contributed by atoms with Crippen LogP contribution in [0.5, 0.6) is 5.75 Å². The molecule has 100 valence electrons. The summed E-state index contributed by atoms with van der Waals surface area (Å²) in [6.45, 7) is -0.0288. The van der Waals surface area contributed by atoms with E-state index in [1.165, 1.54) is 19.1 Å². The number of carbonyl (C=O) groups excluding carboxylic acids is 1. The summed E-state index contributed by atoms with van der Waals surface area (Å²) in [7, 11) is 0. The Kier molecular flexibility index (Phi) is 4.45. The topological polar surface area (TPSA) is 40.5 Å². The van der Waals surface area contributed by atoms with Crippen LogP contribution < -0.4 is 0 Å². The molecule has 0 aliphatic carbocycles. The van der Waals surface area contributed by atoms with Gasteiger partial charge in [0.2, 0.25) is 0 Å². The highest BCUT2D eigenvalue weighted by Crippen LogP contribution is 2.24. The first kappa shape index (κ1) is 14.6. The van der Waals surface area contributed by atoms with Gasteiger partial charge in [0.25, 0.3) is 5.91 Å². The Morgan fingerprint density at radius 3 is 2.56 bits per heavy atom. The van der Waals surface area contributed by atoms with Crippen LogP contribution >= 0.6 is 11.6 Å². The second kappa shape index (κ2) is 5.48. The fourth-order valence-electron chi connectivity index (χ4n) is 1.39. The summed E-state index contributed by atoms with van der Waals surface area (Å²) >= 11 is 5.72. The molecular formula is C11H11ClF3NO2. The maximum Gasteiger partial charge on any atom is 0.406 e. The second-order valence-corrected chi connectivity index (χ2v) is 4.01. The maximum absolute atomic E-state index is 12.3. The summed E-state index contributed by atoms with van der Waals surface area (Å²) in [4.78, 5) is 12.5. The van der Waals surface area contributed by atoms with Gasteiger partial charge < -0.3 is 10.0 Å². The average molecular weight is 282 g/mol. The van der Waals surface area contributed by atoms with Gasteiger partial charge in [-0.15, -0.1) is 0 Å². The number of nitrogens with zero attached hydrogens (tertiary/aromatic N) is 1. The fraction of sp³-hybridized carbons (Fsp3) is 0.364. The molecule has 1 aromatic rings. The molecule has 18 heavy (non-hydrogen) atoms. The van der Waals surface area contributed by atoms with Crippen molar-refractivity contribution in [3.63, 3.8) is 0 Å². The largest absolute Gasteiger partial charge is 0.508 e. The molecule has 0 saturated carbocycles.